The number of likely N-dealkylation sites (N-methyl/N-ethyl adjacent to an activating group) is 1. The Morgan fingerprint density at radius 3 is 2.79 bits per heavy atom. The quantitative estimate of drug-likeness (QED) is 0.774. The molecule has 84 valence electrons. The fraction of sp³-hybridized carbons (Fsp3) is 1.00. The average molecular weight is 216 g/mol. The van der Waals surface area contributed by atoms with Crippen molar-refractivity contribution < 1.29 is 0 Å². The number of nitrogens with one attached hydrogen (secondary N) is 1. The zero-order valence-corrected chi connectivity index (χ0v) is 10.8. The third-order valence-electron chi connectivity index (χ3n) is 2.96. The van der Waals surface area contributed by atoms with Crippen LogP contribution in [-0.2, 0) is 0 Å². The molecule has 1 heterocycles. The van der Waals surface area contributed by atoms with E-state index in [9.17, 15) is 0 Å². The summed E-state index contributed by atoms with van der Waals surface area (Å²) in [6, 6.07) is 0.612. The molecule has 0 bridgehead atoms. The maximum absolute atomic E-state index is 3.30. The first-order valence-electron chi connectivity index (χ1n) is 5.57. The molecule has 0 radical (unpaired) electrons. The highest BCUT2D eigenvalue weighted by atomic mass is 32.2. The normalized spacial score (nSPS) is 25.7. The standard InChI is InChI=1S/C11H24N2S/c1-10(12-4)9-13-6-5-11(2,3)14-8-7-13/h10,12H,5-9H2,1-4H3/t10-/m0/s1. The molecule has 1 saturated heterocycles. The second-order valence-electron chi connectivity index (χ2n) is 4.85. The summed E-state index contributed by atoms with van der Waals surface area (Å²) in [5, 5.41) is 3.30. The van der Waals surface area contributed by atoms with Gasteiger partial charge in [0.2, 0.25) is 0 Å². The summed E-state index contributed by atoms with van der Waals surface area (Å²) < 4.78 is 0.484. The van der Waals surface area contributed by atoms with Gasteiger partial charge in [-0.1, -0.05) is 13.8 Å². The SMILES string of the molecule is CN[C@@H](C)CN1CCSC(C)(C)CC1. The first-order valence-corrected chi connectivity index (χ1v) is 6.55. The highest BCUT2D eigenvalue weighted by molar-refractivity contribution is 8.00. The van der Waals surface area contributed by atoms with Crippen molar-refractivity contribution in [2.75, 3.05) is 32.4 Å². The van der Waals surface area contributed by atoms with Crippen LogP contribution in [0, 0.1) is 0 Å². The van der Waals surface area contributed by atoms with Crippen molar-refractivity contribution in [2.45, 2.75) is 38.0 Å². The van der Waals surface area contributed by atoms with Gasteiger partial charge < -0.3 is 10.2 Å². The Kier molecular flexibility index (Phi) is 4.74. The largest absolute Gasteiger partial charge is 0.316 e. The molecule has 0 saturated carbocycles. The van der Waals surface area contributed by atoms with E-state index in [-0.39, 0.29) is 0 Å². The van der Waals surface area contributed by atoms with Crippen LogP contribution in [0.15, 0.2) is 0 Å². The maximum atomic E-state index is 3.30. The highest BCUT2D eigenvalue weighted by Gasteiger charge is 2.23. The Hall–Kier alpha value is 0.270. The van der Waals surface area contributed by atoms with Gasteiger partial charge in [0, 0.05) is 29.6 Å². The minimum Gasteiger partial charge on any atom is -0.316 e. The Bertz CT molecular complexity index is 171. The van der Waals surface area contributed by atoms with Crippen LogP contribution in [0.4, 0.5) is 0 Å². The fourth-order valence-corrected chi connectivity index (χ4v) is 2.86. The zero-order chi connectivity index (χ0) is 10.6. The van der Waals surface area contributed by atoms with Gasteiger partial charge in [-0.3, -0.25) is 0 Å². The third kappa shape index (κ3) is 4.20. The van der Waals surface area contributed by atoms with Gasteiger partial charge in [-0.2, -0.15) is 11.8 Å². The minimum absolute atomic E-state index is 0.484. The van der Waals surface area contributed by atoms with Crippen LogP contribution >= 0.6 is 11.8 Å². The summed E-state index contributed by atoms with van der Waals surface area (Å²) >= 11 is 2.12. The number of hydrogen-bond donors (Lipinski definition) is 1. The molecule has 3 heteroatoms. The molecule has 1 aliphatic rings. The number of rotatable bonds is 3. The summed E-state index contributed by atoms with van der Waals surface area (Å²) in [4.78, 5) is 2.59. The van der Waals surface area contributed by atoms with Gasteiger partial charge in [0.1, 0.15) is 0 Å². The number of hydrogen-bond acceptors (Lipinski definition) is 3. The Morgan fingerprint density at radius 1 is 1.43 bits per heavy atom. The topological polar surface area (TPSA) is 15.3 Å². The molecule has 1 fully saturated rings. The molecule has 2 nitrogen and oxygen atoms in total. The summed E-state index contributed by atoms with van der Waals surface area (Å²) in [5.41, 5.74) is 0. The predicted octanol–water partition coefficient (Wildman–Crippen LogP) is 1.81. The third-order valence-corrected chi connectivity index (χ3v) is 4.33. The molecule has 0 unspecified atom stereocenters. The van der Waals surface area contributed by atoms with Gasteiger partial charge in [0.25, 0.3) is 0 Å². The number of thioether (sulfide) groups is 1. The van der Waals surface area contributed by atoms with Crippen LogP contribution in [-0.4, -0.2) is 48.1 Å². The Labute approximate surface area is 92.8 Å². The molecule has 1 aliphatic heterocycles. The molecule has 0 amide bonds. The van der Waals surface area contributed by atoms with E-state index in [1.807, 2.05) is 7.05 Å². The predicted molar refractivity (Wildman–Crippen MR) is 66.1 cm³/mol. The summed E-state index contributed by atoms with van der Waals surface area (Å²) in [6.07, 6.45) is 1.31. The number of nitrogens with zero attached hydrogens (tertiary/aromatic N) is 1. The monoisotopic (exact) mass is 216 g/mol. The summed E-state index contributed by atoms with van der Waals surface area (Å²) in [6.45, 7) is 10.7. The lowest BCUT2D eigenvalue weighted by Crippen LogP contribution is -2.38. The van der Waals surface area contributed by atoms with Crippen LogP contribution in [0.5, 0.6) is 0 Å². The van der Waals surface area contributed by atoms with E-state index in [0.29, 0.717) is 10.8 Å². The lowest BCUT2D eigenvalue weighted by Gasteiger charge is -2.24. The molecule has 1 N–H and O–H groups in total. The fourth-order valence-electron chi connectivity index (χ4n) is 1.72. The second kappa shape index (κ2) is 5.38. The van der Waals surface area contributed by atoms with Crippen molar-refractivity contribution in [3.8, 4) is 0 Å². The van der Waals surface area contributed by atoms with E-state index < -0.39 is 0 Å². The van der Waals surface area contributed by atoms with Crippen LogP contribution in [0.25, 0.3) is 0 Å². The molecule has 0 aromatic carbocycles. The second-order valence-corrected chi connectivity index (χ2v) is 6.65. The summed E-state index contributed by atoms with van der Waals surface area (Å²) in [5.74, 6) is 1.28. The highest BCUT2D eigenvalue weighted by Crippen LogP contribution is 2.30. The molecule has 14 heavy (non-hydrogen) atoms. The van der Waals surface area contributed by atoms with Gasteiger partial charge in [0.05, 0.1) is 0 Å². The van der Waals surface area contributed by atoms with E-state index in [1.54, 1.807) is 0 Å². The van der Waals surface area contributed by atoms with E-state index in [4.69, 9.17) is 0 Å². The van der Waals surface area contributed by atoms with Crippen molar-refractivity contribution in [1.29, 1.82) is 0 Å². The van der Waals surface area contributed by atoms with Gasteiger partial charge >= 0.3 is 0 Å². The zero-order valence-electron chi connectivity index (χ0n) is 9.97. The Morgan fingerprint density at radius 2 is 2.14 bits per heavy atom. The lowest BCUT2D eigenvalue weighted by molar-refractivity contribution is 0.260. The molecular weight excluding hydrogens is 192 g/mol. The van der Waals surface area contributed by atoms with Crippen molar-refractivity contribution in [2.24, 2.45) is 0 Å². The molecule has 1 atom stereocenters. The van der Waals surface area contributed by atoms with E-state index in [0.717, 1.165) is 0 Å². The maximum Gasteiger partial charge on any atom is 0.0163 e. The molecule has 0 spiro atoms. The van der Waals surface area contributed by atoms with E-state index >= 15 is 0 Å². The molecule has 0 aromatic heterocycles. The first kappa shape index (κ1) is 12.3. The lowest BCUT2D eigenvalue weighted by atomic mass is 10.1. The van der Waals surface area contributed by atoms with E-state index in [2.05, 4.69) is 42.7 Å². The summed E-state index contributed by atoms with van der Waals surface area (Å²) in [7, 11) is 2.04. The first-order chi connectivity index (χ1) is 6.53. The van der Waals surface area contributed by atoms with Crippen LogP contribution in [0.2, 0.25) is 0 Å². The van der Waals surface area contributed by atoms with E-state index in [1.165, 1.54) is 31.8 Å². The molecular formula is C11H24N2S. The molecule has 0 aromatic rings. The van der Waals surface area contributed by atoms with Crippen LogP contribution < -0.4 is 5.32 Å². The smallest absolute Gasteiger partial charge is 0.0163 e. The van der Waals surface area contributed by atoms with Crippen LogP contribution in [0.3, 0.4) is 0 Å². The van der Waals surface area contributed by atoms with Crippen molar-refractivity contribution in [3.63, 3.8) is 0 Å². The van der Waals surface area contributed by atoms with Gasteiger partial charge in [-0.15, -0.1) is 0 Å². The van der Waals surface area contributed by atoms with Crippen molar-refractivity contribution in [1.82, 2.24) is 10.2 Å². The Balaban J connectivity index is 2.35. The molecule has 1 rings (SSSR count). The van der Waals surface area contributed by atoms with Crippen molar-refractivity contribution in [3.05, 3.63) is 0 Å². The van der Waals surface area contributed by atoms with Crippen molar-refractivity contribution >= 4 is 11.8 Å². The van der Waals surface area contributed by atoms with Gasteiger partial charge in [-0.05, 0) is 26.9 Å². The van der Waals surface area contributed by atoms with Gasteiger partial charge in [-0.25, -0.2) is 0 Å². The average Bonchev–Trinajstić information content (AvgIpc) is 2.28. The molecule has 0 aliphatic carbocycles. The minimum atomic E-state index is 0.484. The van der Waals surface area contributed by atoms with Crippen LogP contribution in [0.1, 0.15) is 27.2 Å². The van der Waals surface area contributed by atoms with Gasteiger partial charge in [0.15, 0.2) is 0 Å².